The van der Waals surface area contributed by atoms with Gasteiger partial charge in [0.1, 0.15) is 17.2 Å². The van der Waals surface area contributed by atoms with Crippen LogP contribution in [0.5, 0.6) is 17.2 Å². The number of phenolic OH excluding ortho intramolecular Hbond substituents is 1. The molecule has 2 aromatic carbocycles. The van der Waals surface area contributed by atoms with Crippen LogP contribution < -0.4 is 14.9 Å². The highest BCUT2D eigenvalue weighted by molar-refractivity contribution is 5.95. The van der Waals surface area contributed by atoms with E-state index in [0.717, 1.165) is 0 Å². The first-order valence-electron chi connectivity index (χ1n) is 6.48. The van der Waals surface area contributed by atoms with E-state index in [2.05, 4.69) is 10.5 Å². The van der Waals surface area contributed by atoms with Crippen LogP contribution >= 0.6 is 0 Å². The summed E-state index contributed by atoms with van der Waals surface area (Å²) in [6.45, 7) is 0. The van der Waals surface area contributed by atoms with E-state index < -0.39 is 0 Å². The molecule has 1 amide bonds. The molecule has 22 heavy (non-hydrogen) atoms. The summed E-state index contributed by atoms with van der Waals surface area (Å²) < 4.78 is 10.3. The summed E-state index contributed by atoms with van der Waals surface area (Å²) in [4.78, 5) is 11.8. The Kier molecular flexibility index (Phi) is 4.98. The monoisotopic (exact) mass is 300 g/mol. The second-order valence-corrected chi connectivity index (χ2v) is 4.35. The summed E-state index contributed by atoms with van der Waals surface area (Å²) in [5, 5.41) is 13.1. The Labute approximate surface area is 128 Å². The lowest BCUT2D eigenvalue weighted by Gasteiger charge is -2.07. The Morgan fingerprint density at radius 3 is 2.50 bits per heavy atom. The molecule has 2 aromatic rings. The van der Waals surface area contributed by atoms with Crippen LogP contribution in [-0.4, -0.2) is 31.4 Å². The number of rotatable bonds is 5. The van der Waals surface area contributed by atoms with Crippen molar-refractivity contribution < 1.29 is 19.4 Å². The maximum atomic E-state index is 11.8. The van der Waals surface area contributed by atoms with Crippen LogP contribution in [0, 0.1) is 0 Å². The van der Waals surface area contributed by atoms with E-state index in [1.807, 2.05) is 0 Å². The number of ether oxygens (including phenoxy) is 2. The number of aromatic hydroxyl groups is 1. The number of hydrazone groups is 1. The van der Waals surface area contributed by atoms with Crippen LogP contribution in [0.2, 0.25) is 0 Å². The molecule has 2 N–H and O–H groups in total. The van der Waals surface area contributed by atoms with Crippen LogP contribution in [0.25, 0.3) is 0 Å². The van der Waals surface area contributed by atoms with Gasteiger partial charge in [-0.2, -0.15) is 5.10 Å². The summed E-state index contributed by atoms with van der Waals surface area (Å²) in [6, 6.07) is 11.2. The van der Waals surface area contributed by atoms with Gasteiger partial charge in [0.05, 0.1) is 20.4 Å². The van der Waals surface area contributed by atoms with Crippen LogP contribution in [-0.2, 0) is 0 Å². The number of hydrogen-bond acceptors (Lipinski definition) is 5. The molecule has 0 aromatic heterocycles. The van der Waals surface area contributed by atoms with Crippen LogP contribution in [0.4, 0.5) is 0 Å². The van der Waals surface area contributed by atoms with E-state index in [9.17, 15) is 9.90 Å². The molecule has 0 saturated carbocycles. The summed E-state index contributed by atoms with van der Waals surface area (Å²) in [6.07, 6.45) is 1.48. The highest BCUT2D eigenvalue weighted by atomic mass is 16.5. The van der Waals surface area contributed by atoms with Gasteiger partial charge in [-0.05, 0) is 36.4 Å². The van der Waals surface area contributed by atoms with Gasteiger partial charge in [0, 0.05) is 17.2 Å². The fraction of sp³-hybridized carbons (Fsp3) is 0.125. The third-order valence-corrected chi connectivity index (χ3v) is 2.94. The van der Waals surface area contributed by atoms with Crippen LogP contribution in [0.3, 0.4) is 0 Å². The summed E-state index contributed by atoms with van der Waals surface area (Å²) in [7, 11) is 3.11. The third kappa shape index (κ3) is 3.76. The third-order valence-electron chi connectivity index (χ3n) is 2.94. The first kappa shape index (κ1) is 15.4. The summed E-state index contributed by atoms with van der Waals surface area (Å²) in [5.74, 6) is 0.982. The fourth-order valence-electron chi connectivity index (χ4n) is 1.76. The number of amides is 1. The van der Waals surface area contributed by atoms with Crippen molar-refractivity contribution in [3.05, 3.63) is 53.6 Å². The van der Waals surface area contributed by atoms with Crippen molar-refractivity contribution in [1.82, 2.24) is 5.43 Å². The molecule has 0 fully saturated rings. The highest BCUT2D eigenvalue weighted by Crippen LogP contribution is 2.23. The smallest absolute Gasteiger partial charge is 0.271 e. The Bertz CT molecular complexity index is 681. The number of carbonyl (C=O) groups is 1. The van der Waals surface area contributed by atoms with Crippen molar-refractivity contribution in [3.63, 3.8) is 0 Å². The number of hydrogen-bond donors (Lipinski definition) is 2. The minimum atomic E-state index is -0.372. The number of methoxy groups -OCH3 is 2. The topological polar surface area (TPSA) is 80.2 Å². The largest absolute Gasteiger partial charge is 0.508 e. The van der Waals surface area contributed by atoms with Crippen LogP contribution in [0.15, 0.2) is 47.6 Å². The second kappa shape index (κ2) is 7.12. The predicted molar refractivity (Wildman–Crippen MR) is 82.7 cm³/mol. The number of nitrogens with zero attached hydrogens (tertiary/aromatic N) is 1. The lowest BCUT2D eigenvalue weighted by Crippen LogP contribution is -2.17. The quantitative estimate of drug-likeness (QED) is 0.655. The Morgan fingerprint density at radius 2 is 1.86 bits per heavy atom. The standard InChI is InChI=1S/C16H16N2O4/c1-21-14-8-5-12(15(9-14)22-2)10-17-18-16(20)11-3-6-13(19)7-4-11/h3-10,19H,1-2H3,(H,18,20)/b17-10+. The zero-order valence-electron chi connectivity index (χ0n) is 12.2. The maximum absolute atomic E-state index is 11.8. The predicted octanol–water partition coefficient (Wildman–Crippen LogP) is 2.17. The summed E-state index contributed by atoms with van der Waals surface area (Å²) >= 11 is 0. The van der Waals surface area contributed by atoms with E-state index in [0.29, 0.717) is 22.6 Å². The fourth-order valence-corrected chi connectivity index (χ4v) is 1.76. The highest BCUT2D eigenvalue weighted by Gasteiger charge is 2.05. The molecular formula is C16H16N2O4. The first-order valence-corrected chi connectivity index (χ1v) is 6.48. The normalized spacial score (nSPS) is 10.5. The van der Waals surface area contributed by atoms with Gasteiger partial charge in [-0.15, -0.1) is 0 Å². The molecule has 0 saturated heterocycles. The first-order chi connectivity index (χ1) is 10.6. The van der Waals surface area contributed by atoms with Crippen molar-refractivity contribution >= 4 is 12.1 Å². The van der Waals surface area contributed by atoms with E-state index in [-0.39, 0.29) is 11.7 Å². The van der Waals surface area contributed by atoms with E-state index >= 15 is 0 Å². The molecule has 0 aliphatic heterocycles. The molecule has 6 nitrogen and oxygen atoms in total. The Morgan fingerprint density at radius 1 is 1.14 bits per heavy atom. The Balaban J connectivity index is 2.06. The molecule has 0 aliphatic carbocycles. The molecule has 0 bridgehead atoms. The zero-order chi connectivity index (χ0) is 15.9. The van der Waals surface area contributed by atoms with Gasteiger partial charge in [-0.1, -0.05) is 0 Å². The van der Waals surface area contributed by atoms with Crippen molar-refractivity contribution in [2.24, 2.45) is 5.10 Å². The molecular weight excluding hydrogens is 284 g/mol. The van der Waals surface area contributed by atoms with Crippen molar-refractivity contribution in [2.45, 2.75) is 0 Å². The van der Waals surface area contributed by atoms with Gasteiger partial charge < -0.3 is 14.6 Å². The van der Waals surface area contributed by atoms with Gasteiger partial charge in [-0.3, -0.25) is 4.79 Å². The lowest BCUT2D eigenvalue weighted by atomic mass is 10.2. The maximum Gasteiger partial charge on any atom is 0.271 e. The average molecular weight is 300 g/mol. The summed E-state index contributed by atoms with van der Waals surface area (Å²) in [5.41, 5.74) is 3.51. The molecule has 0 atom stereocenters. The van der Waals surface area contributed by atoms with Crippen molar-refractivity contribution in [1.29, 1.82) is 0 Å². The van der Waals surface area contributed by atoms with Gasteiger partial charge in [0.2, 0.25) is 0 Å². The van der Waals surface area contributed by atoms with E-state index in [1.54, 1.807) is 32.4 Å². The molecule has 6 heteroatoms. The SMILES string of the molecule is COc1ccc(/C=N/NC(=O)c2ccc(O)cc2)c(OC)c1. The van der Waals surface area contributed by atoms with Crippen molar-refractivity contribution in [2.75, 3.05) is 14.2 Å². The van der Waals surface area contributed by atoms with Crippen LogP contribution in [0.1, 0.15) is 15.9 Å². The van der Waals surface area contributed by atoms with Crippen molar-refractivity contribution in [3.8, 4) is 17.2 Å². The zero-order valence-corrected chi connectivity index (χ0v) is 12.2. The molecule has 114 valence electrons. The lowest BCUT2D eigenvalue weighted by molar-refractivity contribution is 0.0955. The average Bonchev–Trinajstić information content (AvgIpc) is 2.55. The van der Waals surface area contributed by atoms with Gasteiger partial charge in [0.25, 0.3) is 5.91 Å². The number of benzene rings is 2. The minimum Gasteiger partial charge on any atom is -0.508 e. The molecule has 0 unspecified atom stereocenters. The molecule has 2 rings (SSSR count). The van der Waals surface area contributed by atoms with Gasteiger partial charge in [-0.25, -0.2) is 5.43 Å². The van der Waals surface area contributed by atoms with E-state index in [4.69, 9.17) is 9.47 Å². The number of carbonyl (C=O) groups excluding carboxylic acids is 1. The number of phenols is 1. The van der Waals surface area contributed by atoms with Gasteiger partial charge >= 0.3 is 0 Å². The molecule has 0 radical (unpaired) electrons. The number of nitrogens with one attached hydrogen (secondary N) is 1. The van der Waals surface area contributed by atoms with E-state index in [1.165, 1.54) is 30.5 Å². The molecule has 0 heterocycles. The van der Waals surface area contributed by atoms with Gasteiger partial charge in [0.15, 0.2) is 0 Å². The minimum absolute atomic E-state index is 0.100. The second-order valence-electron chi connectivity index (χ2n) is 4.35. The Hall–Kier alpha value is -3.02. The molecule has 0 spiro atoms. The molecule has 0 aliphatic rings.